The fourth-order valence-electron chi connectivity index (χ4n) is 1.35. The Labute approximate surface area is 84.5 Å². The van der Waals surface area contributed by atoms with Crippen molar-refractivity contribution >= 4 is 5.69 Å². The van der Waals surface area contributed by atoms with Crippen molar-refractivity contribution in [2.24, 2.45) is 0 Å². The van der Waals surface area contributed by atoms with Crippen molar-refractivity contribution < 1.29 is 0 Å². The van der Waals surface area contributed by atoms with Crippen LogP contribution in [-0.4, -0.2) is 0 Å². The van der Waals surface area contributed by atoms with Gasteiger partial charge in [-0.25, -0.2) is 0 Å². The fourth-order valence-corrected chi connectivity index (χ4v) is 1.35. The lowest BCUT2D eigenvalue weighted by Gasteiger charge is -2.05. The van der Waals surface area contributed by atoms with Gasteiger partial charge in [0.2, 0.25) is 0 Å². The van der Waals surface area contributed by atoms with Gasteiger partial charge in [0.15, 0.2) is 0 Å². The van der Waals surface area contributed by atoms with Gasteiger partial charge in [0.25, 0.3) is 0 Å². The molecule has 0 bridgehead atoms. The van der Waals surface area contributed by atoms with Gasteiger partial charge in [0.05, 0.1) is 0 Å². The van der Waals surface area contributed by atoms with Gasteiger partial charge in [-0.05, 0) is 30.7 Å². The van der Waals surface area contributed by atoms with Crippen molar-refractivity contribution in [2.45, 2.75) is 6.42 Å². The number of nitrogens with one attached hydrogen (secondary N) is 1. The van der Waals surface area contributed by atoms with Crippen LogP contribution in [0.4, 0.5) is 5.69 Å². The first-order valence-corrected chi connectivity index (χ1v) is 4.80. The van der Waals surface area contributed by atoms with E-state index in [2.05, 4.69) is 47.8 Å². The van der Waals surface area contributed by atoms with E-state index < -0.39 is 0 Å². The molecule has 0 saturated carbocycles. The highest BCUT2D eigenvalue weighted by Crippen LogP contribution is 2.11. The summed E-state index contributed by atoms with van der Waals surface area (Å²) in [7, 11) is 0. The molecule has 0 heterocycles. The molecule has 0 fully saturated rings. The number of hydrogen-bond acceptors (Lipinski definition) is 1. The van der Waals surface area contributed by atoms with Gasteiger partial charge in [0.1, 0.15) is 0 Å². The summed E-state index contributed by atoms with van der Waals surface area (Å²) >= 11 is 0. The Kier molecular flexibility index (Phi) is 2.82. The average Bonchev–Trinajstić information content (AvgIpc) is 2.48. The molecular formula is C13H13N. The smallest absolute Gasteiger partial charge is 0.0384 e. The van der Waals surface area contributed by atoms with Crippen LogP contribution in [0, 0.1) is 0 Å². The standard InChI is InChI=1S/C13H13N/c1-2-5-9-12(8-4-1)14-13-10-6-3-7-11-13/h1,3-11,14H,2H2. The Morgan fingerprint density at radius 1 is 1.00 bits per heavy atom. The second kappa shape index (κ2) is 4.47. The summed E-state index contributed by atoms with van der Waals surface area (Å²) in [6.07, 6.45) is 11.5. The Hall–Kier alpha value is -1.76. The Balaban J connectivity index is 2.11. The molecule has 1 aromatic carbocycles. The minimum absolute atomic E-state index is 1.01. The summed E-state index contributed by atoms with van der Waals surface area (Å²) in [5.74, 6) is 0. The van der Waals surface area contributed by atoms with E-state index in [0.29, 0.717) is 0 Å². The lowest BCUT2D eigenvalue weighted by Crippen LogP contribution is -1.95. The van der Waals surface area contributed by atoms with Crippen LogP contribution in [0.5, 0.6) is 0 Å². The van der Waals surface area contributed by atoms with E-state index in [1.165, 1.54) is 0 Å². The summed E-state index contributed by atoms with van der Waals surface area (Å²) in [5.41, 5.74) is 2.25. The molecule has 0 radical (unpaired) electrons. The Morgan fingerprint density at radius 3 is 2.71 bits per heavy atom. The summed E-state index contributed by atoms with van der Waals surface area (Å²) in [5, 5.41) is 3.34. The molecule has 0 aromatic heterocycles. The fraction of sp³-hybridized carbons (Fsp3) is 0.0769. The third kappa shape index (κ3) is 2.36. The summed E-state index contributed by atoms with van der Waals surface area (Å²) < 4.78 is 0. The van der Waals surface area contributed by atoms with Crippen LogP contribution >= 0.6 is 0 Å². The van der Waals surface area contributed by atoms with Crippen LogP contribution in [0.15, 0.2) is 66.4 Å². The lowest BCUT2D eigenvalue weighted by molar-refractivity contribution is 1.39. The highest BCUT2D eigenvalue weighted by molar-refractivity contribution is 5.51. The summed E-state index contributed by atoms with van der Waals surface area (Å²) in [6, 6.07) is 10.2. The number of benzene rings is 1. The van der Waals surface area contributed by atoms with E-state index in [1.807, 2.05) is 18.2 Å². The van der Waals surface area contributed by atoms with Crippen molar-refractivity contribution in [3.63, 3.8) is 0 Å². The molecule has 70 valence electrons. The van der Waals surface area contributed by atoms with Crippen molar-refractivity contribution in [1.82, 2.24) is 0 Å². The average molecular weight is 183 g/mol. The topological polar surface area (TPSA) is 12.0 Å². The first kappa shape index (κ1) is 8.82. The first-order valence-electron chi connectivity index (χ1n) is 4.80. The molecule has 0 amide bonds. The molecule has 1 aromatic rings. The second-order valence-corrected chi connectivity index (χ2v) is 3.18. The van der Waals surface area contributed by atoms with Crippen molar-refractivity contribution in [2.75, 3.05) is 5.32 Å². The molecule has 0 saturated heterocycles. The summed E-state index contributed by atoms with van der Waals surface area (Å²) in [6.45, 7) is 0. The van der Waals surface area contributed by atoms with Gasteiger partial charge in [0, 0.05) is 11.4 Å². The predicted molar refractivity (Wildman–Crippen MR) is 61.0 cm³/mol. The maximum Gasteiger partial charge on any atom is 0.0384 e. The van der Waals surface area contributed by atoms with Gasteiger partial charge < -0.3 is 5.32 Å². The van der Waals surface area contributed by atoms with Gasteiger partial charge in [-0.15, -0.1) is 0 Å². The molecular weight excluding hydrogens is 170 g/mol. The van der Waals surface area contributed by atoms with Crippen LogP contribution in [0.1, 0.15) is 6.42 Å². The number of anilines is 1. The Bertz CT molecular complexity index is 371. The van der Waals surface area contributed by atoms with E-state index in [1.54, 1.807) is 0 Å². The first-order chi connectivity index (χ1) is 6.95. The quantitative estimate of drug-likeness (QED) is 0.740. The molecule has 1 aliphatic rings. The second-order valence-electron chi connectivity index (χ2n) is 3.18. The molecule has 0 aliphatic heterocycles. The zero-order valence-electron chi connectivity index (χ0n) is 7.98. The van der Waals surface area contributed by atoms with Gasteiger partial charge in [-0.3, -0.25) is 0 Å². The number of hydrogen-bond donors (Lipinski definition) is 1. The number of allylic oxidation sites excluding steroid dienone is 5. The molecule has 1 N–H and O–H groups in total. The number of para-hydroxylation sites is 1. The molecule has 1 nitrogen and oxygen atoms in total. The third-order valence-corrected chi connectivity index (χ3v) is 2.04. The van der Waals surface area contributed by atoms with E-state index in [4.69, 9.17) is 0 Å². The molecule has 1 aliphatic carbocycles. The van der Waals surface area contributed by atoms with Crippen LogP contribution < -0.4 is 5.32 Å². The molecule has 2 rings (SSSR count). The van der Waals surface area contributed by atoms with Crippen molar-refractivity contribution in [1.29, 1.82) is 0 Å². The van der Waals surface area contributed by atoms with Crippen LogP contribution in [0.3, 0.4) is 0 Å². The lowest BCUT2D eigenvalue weighted by atomic mass is 10.3. The molecule has 0 unspecified atom stereocenters. The maximum absolute atomic E-state index is 3.34. The minimum Gasteiger partial charge on any atom is -0.356 e. The predicted octanol–water partition coefficient (Wildman–Crippen LogP) is 3.50. The van der Waals surface area contributed by atoms with Crippen molar-refractivity contribution in [3.8, 4) is 0 Å². The SMILES string of the molecule is C1=CCC=CC(Nc2ccccc2)=C1. The van der Waals surface area contributed by atoms with E-state index in [9.17, 15) is 0 Å². The zero-order chi connectivity index (χ0) is 9.64. The molecule has 14 heavy (non-hydrogen) atoms. The van der Waals surface area contributed by atoms with Crippen LogP contribution in [0.2, 0.25) is 0 Å². The van der Waals surface area contributed by atoms with E-state index >= 15 is 0 Å². The monoisotopic (exact) mass is 183 g/mol. The normalized spacial score (nSPS) is 14.7. The van der Waals surface area contributed by atoms with Gasteiger partial charge in [-0.1, -0.05) is 36.4 Å². The van der Waals surface area contributed by atoms with Crippen molar-refractivity contribution in [3.05, 3.63) is 66.4 Å². The van der Waals surface area contributed by atoms with Crippen LogP contribution in [0.25, 0.3) is 0 Å². The molecule has 1 heteroatoms. The van der Waals surface area contributed by atoms with Crippen LogP contribution in [-0.2, 0) is 0 Å². The summed E-state index contributed by atoms with van der Waals surface area (Å²) in [4.78, 5) is 0. The third-order valence-electron chi connectivity index (χ3n) is 2.04. The van der Waals surface area contributed by atoms with Gasteiger partial charge >= 0.3 is 0 Å². The molecule has 0 spiro atoms. The Morgan fingerprint density at radius 2 is 1.86 bits per heavy atom. The zero-order valence-corrected chi connectivity index (χ0v) is 7.98. The highest BCUT2D eigenvalue weighted by Gasteiger charge is 1.93. The minimum atomic E-state index is 1.01. The largest absolute Gasteiger partial charge is 0.356 e. The van der Waals surface area contributed by atoms with Gasteiger partial charge in [-0.2, -0.15) is 0 Å². The number of rotatable bonds is 2. The van der Waals surface area contributed by atoms with E-state index in [-0.39, 0.29) is 0 Å². The van der Waals surface area contributed by atoms with E-state index in [0.717, 1.165) is 17.8 Å². The maximum atomic E-state index is 3.34. The highest BCUT2D eigenvalue weighted by atomic mass is 14.9. The molecule has 0 atom stereocenters.